The van der Waals surface area contributed by atoms with E-state index in [4.69, 9.17) is 5.84 Å². The lowest BCUT2D eigenvalue weighted by Crippen LogP contribution is -2.29. The maximum absolute atomic E-state index is 5.64. The lowest BCUT2D eigenvalue weighted by Gasteiger charge is -2.12. The Morgan fingerprint density at radius 1 is 1.50 bits per heavy atom. The van der Waals surface area contributed by atoms with Gasteiger partial charge in [-0.25, -0.2) is 4.98 Å². The second-order valence-corrected chi connectivity index (χ2v) is 7.10. The number of thiazole rings is 1. The van der Waals surface area contributed by atoms with Crippen LogP contribution in [0.15, 0.2) is 33.0 Å². The highest BCUT2D eigenvalue weighted by Crippen LogP contribution is 2.27. The van der Waals surface area contributed by atoms with E-state index in [2.05, 4.69) is 44.0 Å². The largest absolute Gasteiger partial charge is 0.297 e. The van der Waals surface area contributed by atoms with Gasteiger partial charge in [0.1, 0.15) is 0 Å². The van der Waals surface area contributed by atoms with Crippen molar-refractivity contribution in [3.8, 4) is 0 Å². The number of nitrogens with zero attached hydrogens (tertiary/aromatic N) is 2. The number of nitrogens with two attached hydrogens (primary N) is 1. The Balaban J connectivity index is 1.83. The first-order valence-electron chi connectivity index (χ1n) is 5.37. The van der Waals surface area contributed by atoms with Gasteiger partial charge in [-0.3, -0.25) is 15.7 Å². The molecule has 1 atom stereocenters. The molecule has 0 saturated heterocycles. The summed E-state index contributed by atoms with van der Waals surface area (Å²) in [5.74, 6) is 5.64. The van der Waals surface area contributed by atoms with Gasteiger partial charge in [-0.1, -0.05) is 0 Å². The van der Waals surface area contributed by atoms with Crippen molar-refractivity contribution in [1.29, 1.82) is 0 Å². The molecule has 0 aromatic carbocycles. The van der Waals surface area contributed by atoms with Crippen molar-refractivity contribution in [3.63, 3.8) is 0 Å². The number of halogens is 1. The Morgan fingerprint density at radius 2 is 2.39 bits per heavy atom. The molecule has 0 aliphatic rings. The van der Waals surface area contributed by atoms with Crippen molar-refractivity contribution >= 4 is 43.6 Å². The van der Waals surface area contributed by atoms with E-state index in [9.17, 15) is 0 Å². The van der Waals surface area contributed by atoms with E-state index in [1.54, 1.807) is 22.7 Å². The summed E-state index contributed by atoms with van der Waals surface area (Å²) in [4.78, 5) is 5.59. The molecule has 0 aliphatic heterocycles. The van der Waals surface area contributed by atoms with Gasteiger partial charge in [-0.2, -0.15) is 0 Å². The van der Waals surface area contributed by atoms with E-state index in [-0.39, 0.29) is 6.04 Å². The normalized spacial score (nSPS) is 13.2. The van der Waals surface area contributed by atoms with Crippen LogP contribution < -0.4 is 11.3 Å². The molecule has 1 unspecified atom stereocenters. The second kappa shape index (κ2) is 5.10. The predicted octanol–water partition coefficient (Wildman–Crippen LogP) is 2.97. The van der Waals surface area contributed by atoms with Crippen LogP contribution in [0.5, 0.6) is 0 Å². The highest BCUT2D eigenvalue weighted by molar-refractivity contribution is 9.11. The van der Waals surface area contributed by atoms with E-state index in [1.807, 2.05) is 16.0 Å². The SMILES string of the molecule is NNC(Cc1cn2ccsc2n1)c1csc(Br)c1. The summed E-state index contributed by atoms with van der Waals surface area (Å²) in [6.07, 6.45) is 4.86. The molecule has 0 bridgehead atoms. The first kappa shape index (κ1) is 12.3. The molecule has 0 amide bonds. The molecule has 0 fully saturated rings. The molecule has 0 aliphatic carbocycles. The zero-order valence-electron chi connectivity index (χ0n) is 9.34. The standard InChI is InChI=1S/C11H11BrN4S2/c12-10-3-7(6-18-10)9(15-13)4-8-5-16-1-2-17-11(16)14-8/h1-3,5-6,9,15H,4,13H2. The van der Waals surface area contributed by atoms with Crippen LogP contribution in [0, 0.1) is 0 Å². The summed E-state index contributed by atoms with van der Waals surface area (Å²) in [5, 5.41) is 4.13. The van der Waals surface area contributed by atoms with Crippen molar-refractivity contribution in [2.75, 3.05) is 0 Å². The zero-order chi connectivity index (χ0) is 12.5. The van der Waals surface area contributed by atoms with Crippen LogP contribution in [0.3, 0.4) is 0 Å². The van der Waals surface area contributed by atoms with Crippen LogP contribution in [0.1, 0.15) is 17.3 Å². The number of aromatic nitrogens is 2. The van der Waals surface area contributed by atoms with E-state index in [0.29, 0.717) is 0 Å². The molecule has 0 spiro atoms. The highest BCUT2D eigenvalue weighted by Gasteiger charge is 2.14. The third kappa shape index (κ3) is 2.36. The summed E-state index contributed by atoms with van der Waals surface area (Å²) in [5.41, 5.74) is 5.09. The number of thiophene rings is 1. The number of fused-ring (bicyclic) bond motifs is 1. The number of nitrogens with one attached hydrogen (secondary N) is 1. The lowest BCUT2D eigenvalue weighted by atomic mass is 10.1. The molecule has 0 radical (unpaired) electrons. The highest BCUT2D eigenvalue weighted by atomic mass is 79.9. The fourth-order valence-electron chi connectivity index (χ4n) is 1.86. The van der Waals surface area contributed by atoms with Crippen molar-refractivity contribution in [2.24, 2.45) is 5.84 Å². The van der Waals surface area contributed by atoms with Crippen LogP contribution in [0.2, 0.25) is 0 Å². The van der Waals surface area contributed by atoms with Gasteiger partial charge in [-0.05, 0) is 32.9 Å². The average molecular weight is 343 g/mol. The molecule has 18 heavy (non-hydrogen) atoms. The number of hydrazine groups is 1. The molecule has 0 saturated carbocycles. The third-order valence-electron chi connectivity index (χ3n) is 2.75. The maximum Gasteiger partial charge on any atom is 0.193 e. The van der Waals surface area contributed by atoms with Gasteiger partial charge in [0, 0.05) is 24.2 Å². The van der Waals surface area contributed by atoms with Crippen molar-refractivity contribution < 1.29 is 0 Å². The number of hydrogen-bond acceptors (Lipinski definition) is 5. The third-order valence-corrected chi connectivity index (χ3v) is 5.04. The molecule has 7 heteroatoms. The lowest BCUT2D eigenvalue weighted by molar-refractivity contribution is 0.548. The fourth-order valence-corrected chi connectivity index (χ4v) is 3.81. The zero-order valence-corrected chi connectivity index (χ0v) is 12.6. The first-order chi connectivity index (χ1) is 8.76. The Hall–Kier alpha value is -0.730. The molecule has 3 N–H and O–H groups in total. The Labute approximate surface area is 121 Å². The van der Waals surface area contributed by atoms with Gasteiger partial charge in [0.2, 0.25) is 0 Å². The minimum Gasteiger partial charge on any atom is -0.297 e. The van der Waals surface area contributed by atoms with Gasteiger partial charge in [0.05, 0.1) is 15.5 Å². The Morgan fingerprint density at radius 3 is 3.06 bits per heavy atom. The van der Waals surface area contributed by atoms with E-state index >= 15 is 0 Å². The summed E-state index contributed by atoms with van der Waals surface area (Å²) in [7, 11) is 0. The second-order valence-electron chi connectivity index (χ2n) is 3.93. The number of imidazole rings is 1. The molecule has 3 aromatic heterocycles. The maximum atomic E-state index is 5.64. The molecule has 3 rings (SSSR count). The minimum atomic E-state index is 0.0946. The quantitative estimate of drug-likeness (QED) is 0.566. The number of rotatable bonds is 4. The molecular weight excluding hydrogens is 332 g/mol. The molecule has 3 aromatic rings. The fraction of sp³-hybridized carbons (Fsp3) is 0.182. The molecule has 3 heterocycles. The van der Waals surface area contributed by atoms with Crippen molar-refractivity contribution in [2.45, 2.75) is 12.5 Å². The minimum absolute atomic E-state index is 0.0946. The topological polar surface area (TPSA) is 55.3 Å². The Kier molecular flexibility index (Phi) is 3.49. The van der Waals surface area contributed by atoms with Crippen LogP contribution in [-0.2, 0) is 6.42 Å². The van der Waals surface area contributed by atoms with Gasteiger partial charge in [0.25, 0.3) is 0 Å². The summed E-state index contributed by atoms with van der Waals surface area (Å²) >= 11 is 6.77. The van der Waals surface area contributed by atoms with Gasteiger partial charge in [0.15, 0.2) is 4.96 Å². The first-order valence-corrected chi connectivity index (χ1v) is 7.92. The van der Waals surface area contributed by atoms with Gasteiger partial charge >= 0.3 is 0 Å². The van der Waals surface area contributed by atoms with Crippen LogP contribution in [-0.4, -0.2) is 9.38 Å². The summed E-state index contributed by atoms with van der Waals surface area (Å²) < 4.78 is 3.15. The summed E-state index contributed by atoms with van der Waals surface area (Å²) in [6.45, 7) is 0. The van der Waals surface area contributed by atoms with Gasteiger partial charge in [-0.15, -0.1) is 22.7 Å². The van der Waals surface area contributed by atoms with E-state index < -0.39 is 0 Å². The van der Waals surface area contributed by atoms with E-state index in [0.717, 1.165) is 20.9 Å². The van der Waals surface area contributed by atoms with E-state index in [1.165, 1.54) is 5.56 Å². The van der Waals surface area contributed by atoms with Crippen LogP contribution >= 0.6 is 38.6 Å². The van der Waals surface area contributed by atoms with Gasteiger partial charge < -0.3 is 0 Å². The Bertz CT molecular complexity index is 628. The van der Waals surface area contributed by atoms with Crippen molar-refractivity contribution in [1.82, 2.24) is 14.8 Å². The monoisotopic (exact) mass is 342 g/mol. The summed E-state index contributed by atoms with van der Waals surface area (Å²) in [6, 6.07) is 2.19. The molecular formula is C11H11BrN4S2. The van der Waals surface area contributed by atoms with Crippen molar-refractivity contribution in [3.05, 3.63) is 44.3 Å². The van der Waals surface area contributed by atoms with Crippen LogP contribution in [0.4, 0.5) is 0 Å². The predicted molar refractivity (Wildman–Crippen MR) is 78.9 cm³/mol. The molecule has 94 valence electrons. The number of hydrogen-bond donors (Lipinski definition) is 2. The van der Waals surface area contributed by atoms with Crippen LogP contribution in [0.25, 0.3) is 4.96 Å². The average Bonchev–Trinajstić information content (AvgIpc) is 3.00. The molecule has 4 nitrogen and oxygen atoms in total. The smallest absolute Gasteiger partial charge is 0.193 e.